The Labute approximate surface area is 129 Å². The van der Waals surface area contributed by atoms with E-state index in [1.165, 1.54) is 24.0 Å². The zero-order valence-electron chi connectivity index (χ0n) is 13.4. The molecular weight excluding hydrogens is 254 g/mol. The minimum absolute atomic E-state index is 0.409. The molecule has 2 atom stereocenters. The van der Waals surface area contributed by atoms with E-state index in [0.29, 0.717) is 12.0 Å². The summed E-state index contributed by atoms with van der Waals surface area (Å²) < 4.78 is 0. The third kappa shape index (κ3) is 4.18. The molecule has 0 saturated heterocycles. The van der Waals surface area contributed by atoms with Gasteiger partial charge in [0, 0.05) is 12.0 Å². The van der Waals surface area contributed by atoms with E-state index in [-0.39, 0.29) is 0 Å². The first-order valence-corrected chi connectivity index (χ1v) is 8.03. The fourth-order valence-electron chi connectivity index (χ4n) is 3.00. The molecule has 2 unspecified atom stereocenters. The standard InChI is InChI=1S/C20H27N/c1-4-16(2)15-19(21-3)20(17-11-7-5-8-12-17)18-13-9-6-10-14-18/h5-14,16,19-21H,4,15H2,1-3H3. The first kappa shape index (κ1) is 15.8. The molecule has 0 radical (unpaired) electrons. The van der Waals surface area contributed by atoms with Crippen LogP contribution in [0.3, 0.4) is 0 Å². The van der Waals surface area contributed by atoms with Gasteiger partial charge in [-0.15, -0.1) is 0 Å². The van der Waals surface area contributed by atoms with E-state index in [4.69, 9.17) is 0 Å². The minimum atomic E-state index is 0.409. The number of likely N-dealkylation sites (N-methyl/N-ethyl adjacent to an activating group) is 1. The van der Waals surface area contributed by atoms with Crippen LogP contribution in [0.25, 0.3) is 0 Å². The summed E-state index contributed by atoms with van der Waals surface area (Å²) in [5, 5.41) is 3.56. The van der Waals surface area contributed by atoms with Gasteiger partial charge < -0.3 is 5.32 Å². The maximum atomic E-state index is 3.56. The second-order valence-corrected chi connectivity index (χ2v) is 5.94. The maximum Gasteiger partial charge on any atom is 0.0243 e. The van der Waals surface area contributed by atoms with Gasteiger partial charge in [0.15, 0.2) is 0 Å². The number of rotatable bonds is 7. The van der Waals surface area contributed by atoms with E-state index in [1.807, 2.05) is 0 Å². The molecule has 1 heteroatoms. The molecule has 1 nitrogen and oxygen atoms in total. The normalized spacial score (nSPS) is 14.1. The van der Waals surface area contributed by atoms with Gasteiger partial charge in [0.25, 0.3) is 0 Å². The molecule has 21 heavy (non-hydrogen) atoms. The fourth-order valence-corrected chi connectivity index (χ4v) is 3.00. The summed E-state index contributed by atoms with van der Waals surface area (Å²) >= 11 is 0. The smallest absolute Gasteiger partial charge is 0.0243 e. The largest absolute Gasteiger partial charge is 0.316 e. The highest BCUT2D eigenvalue weighted by Crippen LogP contribution is 2.31. The average molecular weight is 281 g/mol. The Kier molecular flexibility index (Phi) is 6.01. The maximum absolute atomic E-state index is 3.56. The number of nitrogens with one attached hydrogen (secondary N) is 1. The van der Waals surface area contributed by atoms with Crippen LogP contribution in [0.5, 0.6) is 0 Å². The molecule has 0 bridgehead atoms. The molecule has 0 fully saturated rings. The van der Waals surface area contributed by atoms with Gasteiger partial charge in [-0.25, -0.2) is 0 Å². The van der Waals surface area contributed by atoms with Gasteiger partial charge in [-0.3, -0.25) is 0 Å². The van der Waals surface area contributed by atoms with Crippen molar-refractivity contribution in [2.45, 2.75) is 38.6 Å². The van der Waals surface area contributed by atoms with Crippen LogP contribution in [0.15, 0.2) is 60.7 Å². The lowest BCUT2D eigenvalue weighted by Gasteiger charge is -2.30. The third-order valence-electron chi connectivity index (χ3n) is 4.44. The Bertz CT molecular complexity index is 466. The molecule has 0 aliphatic rings. The van der Waals surface area contributed by atoms with Gasteiger partial charge in [0.05, 0.1) is 0 Å². The van der Waals surface area contributed by atoms with Crippen molar-refractivity contribution in [3.8, 4) is 0 Å². The summed E-state index contributed by atoms with van der Waals surface area (Å²) in [6.45, 7) is 4.62. The van der Waals surface area contributed by atoms with Gasteiger partial charge in [0.2, 0.25) is 0 Å². The van der Waals surface area contributed by atoms with Crippen molar-refractivity contribution >= 4 is 0 Å². The van der Waals surface area contributed by atoms with Crippen LogP contribution >= 0.6 is 0 Å². The lowest BCUT2D eigenvalue weighted by molar-refractivity contribution is 0.385. The number of hydrogen-bond donors (Lipinski definition) is 1. The lowest BCUT2D eigenvalue weighted by Crippen LogP contribution is -2.34. The lowest BCUT2D eigenvalue weighted by atomic mass is 9.81. The topological polar surface area (TPSA) is 12.0 Å². The van der Waals surface area contributed by atoms with Crippen LogP contribution in [0.1, 0.15) is 43.7 Å². The SMILES string of the molecule is CCC(C)CC(NC)C(c1ccccc1)c1ccccc1. The Hall–Kier alpha value is -1.60. The van der Waals surface area contributed by atoms with Gasteiger partial charge >= 0.3 is 0 Å². The Balaban J connectivity index is 2.35. The molecule has 0 heterocycles. The molecule has 0 aliphatic carbocycles. The fraction of sp³-hybridized carbons (Fsp3) is 0.400. The Morgan fingerprint density at radius 2 is 1.33 bits per heavy atom. The predicted molar refractivity (Wildman–Crippen MR) is 91.6 cm³/mol. The van der Waals surface area contributed by atoms with Crippen LogP contribution in [0, 0.1) is 5.92 Å². The molecule has 0 amide bonds. The van der Waals surface area contributed by atoms with Crippen molar-refractivity contribution in [1.82, 2.24) is 5.32 Å². The summed E-state index contributed by atoms with van der Waals surface area (Å²) in [6.07, 6.45) is 2.43. The summed E-state index contributed by atoms with van der Waals surface area (Å²) in [5.74, 6) is 1.14. The van der Waals surface area contributed by atoms with E-state index in [0.717, 1.165) is 5.92 Å². The molecule has 0 saturated carbocycles. The highest BCUT2D eigenvalue weighted by molar-refractivity contribution is 5.34. The van der Waals surface area contributed by atoms with Crippen molar-refractivity contribution in [3.63, 3.8) is 0 Å². The quantitative estimate of drug-likeness (QED) is 0.765. The first-order chi connectivity index (χ1) is 10.3. The summed E-state index contributed by atoms with van der Waals surface area (Å²) in [4.78, 5) is 0. The summed E-state index contributed by atoms with van der Waals surface area (Å²) in [7, 11) is 2.09. The highest BCUT2D eigenvalue weighted by atomic mass is 14.9. The van der Waals surface area contributed by atoms with Crippen molar-refractivity contribution in [1.29, 1.82) is 0 Å². The molecule has 0 aromatic heterocycles. The van der Waals surface area contributed by atoms with E-state index in [9.17, 15) is 0 Å². The average Bonchev–Trinajstić information content (AvgIpc) is 2.56. The van der Waals surface area contributed by atoms with Crippen LogP contribution in [0.2, 0.25) is 0 Å². The zero-order valence-corrected chi connectivity index (χ0v) is 13.4. The van der Waals surface area contributed by atoms with Gasteiger partial charge in [-0.05, 0) is 30.5 Å². The molecule has 2 rings (SSSR count). The van der Waals surface area contributed by atoms with Crippen LogP contribution < -0.4 is 5.32 Å². The molecule has 112 valence electrons. The third-order valence-corrected chi connectivity index (χ3v) is 4.44. The first-order valence-electron chi connectivity index (χ1n) is 8.03. The summed E-state index contributed by atoms with van der Waals surface area (Å²) in [5.41, 5.74) is 2.79. The van der Waals surface area contributed by atoms with Crippen molar-refractivity contribution in [2.75, 3.05) is 7.05 Å². The minimum Gasteiger partial charge on any atom is -0.316 e. The number of hydrogen-bond acceptors (Lipinski definition) is 1. The van der Waals surface area contributed by atoms with Crippen molar-refractivity contribution < 1.29 is 0 Å². The molecule has 1 N–H and O–H groups in total. The van der Waals surface area contributed by atoms with Crippen LogP contribution in [0.4, 0.5) is 0 Å². The second-order valence-electron chi connectivity index (χ2n) is 5.94. The Morgan fingerprint density at radius 1 is 0.857 bits per heavy atom. The van der Waals surface area contributed by atoms with Gasteiger partial charge in [-0.1, -0.05) is 80.9 Å². The van der Waals surface area contributed by atoms with Crippen molar-refractivity contribution in [2.24, 2.45) is 5.92 Å². The molecular formula is C20H27N. The van der Waals surface area contributed by atoms with E-state index in [1.54, 1.807) is 0 Å². The highest BCUT2D eigenvalue weighted by Gasteiger charge is 2.24. The molecule has 2 aromatic carbocycles. The predicted octanol–water partition coefficient (Wildman–Crippen LogP) is 4.84. The van der Waals surface area contributed by atoms with Crippen LogP contribution in [-0.2, 0) is 0 Å². The van der Waals surface area contributed by atoms with Crippen molar-refractivity contribution in [3.05, 3.63) is 71.8 Å². The van der Waals surface area contributed by atoms with E-state index in [2.05, 4.69) is 86.9 Å². The van der Waals surface area contributed by atoms with Gasteiger partial charge in [-0.2, -0.15) is 0 Å². The van der Waals surface area contributed by atoms with E-state index >= 15 is 0 Å². The monoisotopic (exact) mass is 281 g/mol. The zero-order chi connectivity index (χ0) is 15.1. The molecule has 2 aromatic rings. The Morgan fingerprint density at radius 3 is 1.71 bits per heavy atom. The second kappa shape index (κ2) is 7.99. The molecule has 0 aliphatic heterocycles. The van der Waals surface area contributed by atoms with E-state index < -0.39 is 0 Å². The number of benzene rings is 2. The van der Waals surface area contributed by atoms with Gasteiger partial charge in [0.1, 0.15) is 0 Å². The summed E-state index contributed by atoms with van der Waals surface area (Å²) in [6, 6.07) is 22.2. The van der Waals surface area contributed by atoms with Crippen LogP contribution in [-0.4, -0.2) is 13.1 Å². The molecule has 0 spiro atoms.